The van der Waals surface area contributed by atoms with E-state index in [-0.39, 0.29) is 11.3 Å². The van der Waals surface area contributed by atoms with E-state index in [4.69, 9.17) is 4.74 Å². The fourth-order valence-corrected chi connectivity index (χ4v) is 2.52. The second kappa shape index (κ2) is 6.22. The molecule has 21 heavy (non-hydrogen) atoms. The number of aromatic nitrogens is 2. The molecule has 0 aliphatic rings. The van der Waals surface area contributed by atoms with Crippen LogP contribution in [0.15, 0.2) is 23.7 Å². The van der Waals surface area contributed by atoms with Crippen molar-refractivity contribution < 1.29 is 9.53 Å². The van der Waals surface area contributed by atoms with Gasteiger partial charge < -0.3 is 4.74 Å². The van der Waals surface area contributed by atoms with Crippen molar-refractivity contribution in [2.45, 2.75) is 33.1 Å². The normalized spacial score (nSPS) is 11.2. The quantitative estimate of drug-likeness (QED) is 0.939. The first kappa shape index (κ1) is 15.4. The van der Waals surface area contributed by atoms with Gasteiger partial charge >= 0.3 is 0 Å². The van der Waals surface area contributed by atoms with E-state index < -0.39 is 0 Å². The van der Waals surface area contributed by atoms with E-state index in [1.165, 1.54) is 17.5 Å². The number of rotatable bonds is 4. The lowest BCUT2D eigenvalue weighted by atomic mass is 9.93. The Morgan fingerprint density at radius 3 is 2.67 bits per heavy atom. The Kier molecular flexibility index (Phi) is 4.57. The molecule has 112 valence electrons. The Morgan fingerprint density at radius 2 is 2.14 bits per heavy atom. The predicted molar refractivity (Wildman–Crippen MR) is 84.2 cm³/mol. The Morgan fingerprint density at radius 1 is 1.38 bits per heavy atom. The third-order valence-corrected chi connectivity index (χ3v) is 3.54. The summed E-state index contributed by atoms with van der Waals surface area (Å²) < 4.78 is 5.25. The van der Waals surface area contributed by atoms with E-state index in [2.05, 4.69) is 36.1 Å². The molecule has 2 heterocycles. The minimum absolute atomic E-state index is 0.0276. The van der Waals surface area contributed by atoms with Gasteiger partial charge in [0.2, 0.25) is 5.88 Å². The molecule has 0 bridgehead atoms. The molecule has 0 saturated heterocycles. The van der Waals surface area contributed by atoms with Crippen molar-refractivity contribution in [3.8, 4) is 5.88 Å². The van der Waals surface area contributed by atoms with E-state index in [1.807, 2.05) is 12.3 Å². The van der Waals surface area contributed by atoms with E-state index in [0.29, 0.717) is 23.2 Å². The molecule has 5 nitrogen and oxygen atoms in total. The summed E-state index contributed by atoms with van der Waals surface area (Å²) in [4.78, 5) is 20.6. The molecule has 0 aromatic carbocycles. The van der Waals surface area contributed by atoms with Crippen LogP contribution in [0.5, 0.6) is 5.88 Å². The van der Waals surface area contributed by atoms with Gasteiger partial charge in [-0.1, -0.05) is 20.8 Å². The van der Waals surface area contributed by atoms with Gasteiger partial charge in [-0.05, 0) is 13.0 Å². The van der Waals surface area contributed by atoms with Crippen molar-refractivity contribution in [1.82, 2.24) is 9.97 Å². The minimum Gasteiger partial charge on any atom is -0.478 e. The van der Waals surface area contributed by atoms with Crippen molar-refractivity contribution in [2.24, 2.45) is 0 Å². The highest BCUT2D eigenvalue weighted by Gasteiger charge is 2.18. The van der Waals surface area contributed by atoms with E-state index >= 15 is 0 Å². The zero-order chi connectivity index (χ0) is 15.5. The average molecular weight is 305 g/mol. The molecular weight excluding hydrogens is 286 g/mol. The Labute approximate surface area is 128 Å². The number of nitrogens with zero attached hydrogens (tertiary/aromatic N) is 2. The minimum atomic E-state index is -0.222. The lowest BCUT2D eigenvalue weighted by molar-refractivity contribution is 0.102. The molecule has 0 unspecified atom stereocenters. The molecule has 2 aromatic heterocycles. The summed E-state index contributed by atoms with van der Waals surface area (Å²) in [6.45, 7) is 8.70. The first-order valence-electron chi connectivity index (χ1n) is 6.76. The molecular formula is C15H19N3O2S. The second-order valence-corrected chi connectivity index (χ2v) is 6.42. The number of ether oxygens (including phenoxy) is 1. The van der Waals surface area contributed by atoms with Crippen LogP contribution in [-0.2, 0) is 5.41 Å². The van der Waals surface area contributed by atoms with Crippen molar-refractivity contribution in [3.05, 3.63) is 35.0 Å². The van der Waals surface area contributed by atoms with Gasteiger partial charge in [0, 0.05) is 23.1 Å². The van der Waals surface area contributed by atoms with Crippen LogP contribution in [0.3, 0.4) is 0 Å². The third kappa shape index (κ3) is 4.01. The maximum Gasteiger partial charge on any atom is 0.259 e. The summed E-state index contributed by atoms with van der Waals surface area (Å²) in [7, 11) is 0. The van der Waals surface area contributed by atoms with Crippen molar-refractivity contribution >= 4 is 22.4 Å². The van der Waals surface area contributed by atoms with Gasteiger partial charge in [0.25, 0.3) is 5.91 Å². The van der Waals surface area contributed by atoms with Crippen molar-refractivity contribution in [1.29, 1.82) is 0 Å². The zero-order valence-electron chi connectivity index (χ0n) is 12.6. The SMILES string of the molecule is CCOc1ccc(C(=O)Nc2nc(C(C)(C)C)cs2)cn1. The van der Waals surface area contributed by atoms with Crippen molar-refractivity contribution in [2.75, 3.05) is 11.9 Å². The van der Waals surface area contributed by atoms with Gasteiger partial charge in [0.05, 0.1) is 17.9 Å². The molecule has 0 saturated carbocycles. The number of thiazole rings is 1. The summed E-state index contributed by atoms with van der Waals surface area (Å²) >= 11 is 1.42. The van der Waals surface area contributed by atoms with E-state index in [1.54, 1.807) is 12.1 Å². The topological polar surface area (TPSA) is 64.1 Å². The highest BCUT2D eigenvalue weighted by molar-refractivity contribution is 7.14. The number of carbonyl (C=O) groups is 1. The van der Waals surface area contributed by atoms with Crippen LogP contribution in [0.2, 0.25) is 0 Å². The largest absolute Gasteiger partial charge is 0.478 e. The summed E-state index contributed by atoms with van der Waals surface area (Å²) in [5.41, 5.74) is 1.42. The second-order valence-electron chi connectivity index (χ2n) is 5.56. The van der Waals surface area contributed by atoms with Crippen LogP contribution in [-0.4, -0.2) is 22.5 Å². The molecule has 1 N–H and O–H groups in total. The molecule has 2 rings (SSSR count). The van der Waals surface area contributed by atoms with Crippen LogP contribution in [0.4, 0.5) is 5.13 Å². The highest BCUT2D eigenvalue weighted by Crippen LogP contribution is 2.26. The summed E-state index contributed by atoms with van der Waals surface area (Å²) in [5.74, 6) is 0.290. The highest BCUT2D eigenvalue weighted by atomic mass is 32.1. The molecule has 6 heteroatoms. The maximum atomic E-state index is 12.1. The Hall–Kier alpha value is -1.95. The Bertz CT molecular complexity index is 615. The molecule has 0 aliphatic heterocycles. The molecule has 1 amide bonds. The van der Waals surface area contributed by atoms with E-state index in [0.717, 1.165) is 5.69 Å². The van der Waals surface area contributed by atoms with Crippen LogP contribution in [0.1, 0.15) is 43.7 Å². The molecule has 0 fully saturated rings. The van der Waals surface area contributed by atoms with Gasteiger partial charge in [-0.15, -0.1) is 11.3 Å². The van der Waals surface area contributed by atoms with Crippen LogP contribution in [0, 0.1) is 0 Å². The molecule has 0 aliphatic carbocycles. The van der Waals surface area contributed by atoms with Crippen LogP contribution < -0.4 is 10.1 Å². The summed E-state index contributed by atoms with van der Waals surface area (Å²) in [6.07, 6.45) is 1.50. The number of hydrogen-bond donors (Lipinski definition) is 1. The number of pyridine rings is 1. The first-order chi connectivity index (χ1) is 9.90. The zero-order valence-corrected chi connectivity index (χ0v) is 13.5. The van der Waals surface area contributed by atoms with Gasteiger partial charge in [-0.2, -0.15) is 0 Å². The van der Waals surface area contributed by atoms with Crippen LogP contribution in [0.25, 0.3) is 0 Å². The maximum absolute atomic E-state index is 12.1. The van der Waals surface area contributed by atoms with Gasteiger partial charge in [0.15, 0.2) is 5.13 Å². The summed E-state index contributed by atoms with van der Waals surface area (Å²) in [6, 6.07) is 3.37. The number of hydrogen-bond acceptors (Lipinski definition) is 5. The smallest absolute Gasteiger partial charge is 0.259 e. The average Bonchev–Trinajstić information content (AvgIpc) is 2.88. The van der Waals surface area contributed by atoms with Gasteiger partial charge in [0.1, 0.15) is 0 Å². The number of carbonyl (C=O) groups excluding carboxylic acids is 1. The van der Waals surface area contributed by atoms with Gasteiger partial charge in [-0.25, -0.2) is 9.97 Å². The van der Waals surface area contributed by atoms with E-state index in [9.17, 15) is 4.79 Å². The molecule has 2 aromatic rings. The molecule has 0 atom stereocenters. The molecule has 0 radical (unpaired) electrons. The lowest BCUT2D eigenvalue weighted by Crippen LogP contribution is -2.14. The molecule has 0 spiro atoms. The summed E-state index contributed by atoms with van der Waals surface area (Å²) in [5, 5.41) is 5.35. The monoisotopic (exact) mass is 305 g/mol. The fourth-order valence-electron chi connectivity index (χ4n) is 1.59. The standard InChI is InChI=1S/C15H19N3O2S/c1-5-20-12-7-6-10(8-16-12)13(19)18-14-17-11(9-21-14)15(2,3)4/h6-9H,5H2,1-4H3,(H,17,18,19). The van der Waals surface area contributed by atoms with Crippen molar-refractivity contribution in [3.63, 3.8) is 0 Å². The van der Waals surface area contributed by atoms with Crippen LogP contribution >= 0.6 is 11.3 Å². The number of anilines is 1. The lowest BCUT2D eigenvalue weighted by Gasteiger charge is -2.14. The predicted octanol–water partition coefficient (Wildman–Crippen LogP) is 3.49. The number of nitrogens with one attached hydrogen (secondary N) is 1. The first-order valence-corrected chi connectivity index (χ1v) is 7.64. The fraction of sp³-hybridized carbons (Fsp3) is 0.400. The third-order valence-electron chi connectivity index (χ3n) is 2.78. The van der Waals surface area contributed by atoms with Gasteiger partial charge in [-0.3, -0.25) is 10.1 Å². The Balaban J connectivity index is 2.05. The number of amides is 1.